The molecule has 3 rings (SSSR count). The lowest BCUT2D eigenvalue weighted by Gasteiger charge is -2.28. The Morgan fingerprint density at radius 3 is 2.62 bits per heavy atom. The van der Waals surface area contributed by atoms with Gasteiger partial charge in [-0.25, -0.2) is 0 Å². The number of benzene rings is 1. The number of carbonyl (C=O) groups excluding carboxylic acids is 1. The van der Waals surface area contributed by atoms with Crippen molar-refractivity contribution in [3.63, 3.8) is 0 Å². The number of ether oxygens (including phenoxy) is 1. The highest BCUT2D eigenvalue weighted by atomic mass is 16.5. The maximum atomic E-state index is 12.0. The molecule has 6 heteroatoms. The number of hydrogen-bond acceptors (Lipinski definition) is 5. The summed E-state index contributed by atoms with van der Waals surface area (Å²) in [5.41, 5.74) is 1.95. The summed E-state index contributed by atoms with van der Waals surface area (Å²) in [6.45, 7) is 5.52. The van der Waals surface area contributed by atoms with E-state index in [0.29, 0.717) is 0 Å². The Labute approximate surface area is 141 Å². The Morgan fingerprint density at radius 1 is 1.21 bits per heavy atom. The van der Waals surface area contributed by atoms with Gasteiger partial charge in [-0.15, -0.1) is 0 Å². The van der Waals surface area contributed by atoms with Gasteiger partial charge in [0.25, 0.3) is 0 Å². The van der Waals surface area contributed by atoms with E-state index in [1.807, 2.05) is 43.3 Å². The van der Waals surface area contributed by atoms with Crippen LogP contribution in [0.1, 0.15) is 18.7 Å². The van der Waals surface area contributed by atoms with Crippen LogP contribution in [0.5, 0.6) is 0 Å². The third-order valence-corrected chi connectivity index (χ3v) is 4.07. The Morgan fingerprint density at radius 2 is 1.96 bits per heavy atom. The summed E-state index contributed by atoms with van der Waals surface area (Å²) >= 11 is 0. The van der Waals surface area contributed by atoms with Gasteiger partial charge < -0.3 is 19.4 Å². The molecule has 0 spiro atoms. The van der Waals surface area contributed by atoms with Gasteiger partial charge in [0.15, 0.2) is 0 Å². The summed E-state index contributed by atoms with van der Waals surface area (Å²) in [7, 11) is 0. The zero-order chi connectivity index (χ0) is 16.8. The van der Waals surface area contributed by atoms with E-state index in [1.165, 1.54) is 0 Å². The normalized spacial score (nSPS) is 16.0. The first-order chi connectivity index (χ1) is 11.7. The number of amides is 1. The highest BCUT2D eigenvalue weighted by Gasteiger charge is 2.12. The average molecular weight is 329 g/mol. The topological polar surface area (TPSA) is 66.7 Å². The number of morpholine rings is 1. The number of nitrogens with zero attached hydrogens (tertiary/aromatic N) is 1. The molecule has 1 saturated heterocycles. The molecule has 1 aliphatic rings. The van der Waals surface area contributed by atoms with Crippen LogP contribution in [0.4, 0.5) is 11.4 Å². The summed E-state index contributed by atoms with van der Waals surface area (Å²) in [5.74, 6) is 0.741. The van der Waals surface area contributed by atoms with Crippen molar-refractivity contribution in [2.45, 2.75) is 13.0 Å². The second-order valence-corrected chi connectivity index (χ2v) is 5.81. The molecule has 1 aromatic heterocycles. The van der Waals surface area contributed by atoms with E-state index in [4.69, 9.17) is 9.15 Å². The molecule has 128 valence electrons. The number of hydrogen-bond donors (Lipinski definition) is 2. The van der Waals surface area contributed by atoms with Gasteiger partial charge in [0.05, 0.1) is 32.1 Å². The maximum absolute atomic E-state index is 12.0. The van der Waals surface area contributed by atoms with E-state index in [-0.39, 0.29) is 18.5 Å². The van der Waals surface area contributed by atoms with Crippen LogP contribution in [0.2, 0.25) is 0 Å². The Hall–Kier alpha value is -2.31. The van der Waals surface area contributed by atoms with E-state index in [0.717, 1.165) is 43.4 Å². The van der Waals surface area contributed by atoms with Crippen molar-refractivity contribution in [3.05, 3.63) is 48.4 Å². The van der Waals surface area contributed by atoms with Crippen molar-refractivity contribution in [1.82, 2.24) is 5.32 Å². The number of anilines is 2. The highest BCUT2D eigenvalue weighted by molar-refractivity contribution is 5.92. The largest absolute Gasteiger partial charge is 0.468 e. The predicted molar refractivity (Wildman–Crippen MR) is 93.2 cm³/mol. The highest BCUT2D eigenvalue weighted by Crippen LogP contribution is 2.19. The van der Waals surface area contributed by atoms with Crippen LogP contribution in [0.25, 0.3) is 0 Å². The number of rotatable bonds is 6. The van der Waals surface area contributed by atoms with E-state index in [2.05, 4.69) is 15.5 Å². The van der Waals surface area contributed by atoms with Crippen molar-refractivity contribution < 1.29 is 13.9 Å². The molecule has 1 aliphatic heterocycles. The SMILES string of the molecule is C[C@H](NCC(=O)Nc1ccc(N2CCOCC2)cc1)c1ccco1. The van der Waals surface area contributed by atoms with Gasteiger partial charge in [-0.3, -0.25) is 10.1 Å². The molecule has 0 saturated carbocycles. The molecule has 6 nitrogen and oxygen atoms in total. The van der Waals surface area contributed by atoms with Crippen LogP contribution in [-0.4, -0.2) is 38.8 Å². The fourth-order valence-corrected chi connectivity index (χ4v) is 2.67. The molecule has 0 unspecified atom stereocenters. The molecule has 1 aromatic carbocycles. The Kier molecular flexibility index (Phi) is 5.51. The molecule has 1 atom stereocenters. The lowest BCUT2D eigenvalue weighted by molar-refractivity contribution is -0.115. The Balaban J connectivity index is 1.47. The van der Waals surface area contributed by atoms with E-state index in [1.54, 1.807) is 6.26 Å². The van der Waals surface area contributed by atoms with Crippen molar-refractivity contribution in [2.24, 2.45) is 0 Å². The number of nitrogens with one attached hydrogen (secondary N) is 2. The monoisotopic (exact) mass is 329 g/mol. The van der Waals surface area contributed by atoms with Crippen LogP contribution in [0.15, 0.2) is 47.1 Å². The summed E-state index contributed by atoms with van der Waals surface area (Å²) in [4.78, 5) is 14.3. The maximum Gasteiger partial charge on any atom is 0.238 e. The van der Waals surface area contributed by atoms with Gasteiger partial charge in [0.2, 0.25) is 5.91 Å². The van der Waals surface area contributed by atoms with Crippen LogP contribution in [0, 0.1) is 0 Å². The molecule has 0 bridgehead atoms. The standard InChI is InChI=1S/C18H23N3O3/c1-14(17-3-2-10-24-17)19-13-18(22)20-15-4-6-16(7-5-15)21-8-11-23-12-9-21/h2-7,10,14,19H,8-9,11-13H2,1H3,(H,20,22)/t14-/m0/s1. The second-order valence-electron chi connectivity index (χ2n) is 5.81. The molecule has 1 fully saturated rings. The lowest BCUT2D eigenvalue weighted by Crippen LogP contribution is -2.36. The molecular weight excluding hydrogens is 306 g/mol. The van der Waals surface area contributed by atoms with E-state index >= 15 is 0 Å². The molecular formula is C18H23N3O3. The molecule has 0 radical (unpaired) electrons. The van der Waals surface area contributed by atoms with Crippen LogP contribution in [0.3, 0.4) is 0 Å². The first-order valence-corrected chi connectivity index (χ1v) is 8.22. The minimum Gasteiger partial charge on any atom is -0.468 e. The fraction of sp³-hybridized carbons (Fsp3) is 0.389. The van der Waals surface area contributed by atoms with Gasteiger partial charge in [-0.05, 0) is 43.3 Å². The van der Waals surface area contributed by atoms with Gasteiger partial charge in [-0.1, -0.05) is 0 Å². The quantitative estimate of drug-likeness (QED) is 0.852. The molecule has 0 aliphatic carbocycles. The Bertz CT molecular complexity index is 634. The fourth-order valence-electron chi connectivity index (χ4n) is 2.67. The number of carbonyl (C=O) groups is 1. The molecule has 2 N–H and O–H groups in total. The van der Waals surface area contributed by atoms with Gasteiger partial charge >= 0.3 is 0 Å². The summed E-state index contributed by atoms with van der Waals surface area (Å²) in [6.07, 6.45) is 1.63. The molecule has 24 heavy (non-hydrogen) atoms. The van der Waals surface area contributed by atoms with Gasteiger partial charge in [0, 0.05) is 24.5 Å². The smallest absolute Gasteiger partial charge is 0.238 e. The summed E-state index contributed by atoms with van der Waals surface area (Å²) in [6, 6.07) is 11.6. The summed E-state index contributed by atoms with van der Waals surface area (Å²) < 4.78 is 10.7. The first-order valence-electron chi connectivity index (χ1n) is 8.22. The number of furan rings is 1. The zero-order valence-corrected chi connectivity index (χ0v) is 13.8. The van der Waals surface area contributed by atoms with Gasteiger partial charge in [-0.2, -0.15) is 0 Å². The first kappa shape index (κ1) is 16.5. The van der Waals surface area contributed by atoms with E-state index < -0.39 is 0 Å². The van der Waals surface area contributed by atoms with E-state index in [9.17, 15) is 4.79 Å². The second kappa shape index (κ2) is 7.99. The third-order valence-electron chi connectivity index (χ3n) is 4.07. The molecule has 2 heterocycles. The van der Waals surface area contributed by atoms with Crippen molar-refractivity contribution in [2.75, 3.05) is 43.1 Å². The molecule has 1 amide bonds. The average Bonchev–Trinajstić information content (AvgIpc) is 3.16. The third kappa shape index (κ3) is 4.37. The van der Waals surface area contributed by atoms with Crippen LogP contribution in [-0.2, 0) is 9.53 Å². The molecule has 2 aromatic rings. The van der Waals surface area contributed by atoms with Crippen molar-refractivity contribution in [3.8, 4) is 0 Å². The van der Waals surface area contributed by atoms with Gasteiger partial charge in [0.1, 0.15) is 5.76 Å². The predicted octanol–water partition coefficient (Wildman–Crippen LogP) is 2.41. The van der Waals surface area contributed by atoms with Crippen LogP contribution >= 0.6 is 0 Å². The van der Waals surface area contributed by atoms with Crippen LogP contribution < -0.4 is 15.5 Å². The van der Waals surface area contributed by atoms with Crippen molar-refractivity contribution in [1.29, 1.82) is 0 Å². The lowest BCUT2D eigenvalue weighted by atomic mass is 10.2. The van der Waals surface area contributed by atoms with Crippen molar-refractivity contribution >= 4 is 17.3 Å². The minimum atomic E-state index is -0.0764. The summed E-state index contributed by atoms with van der Waals surface area (Å²) in [5, 5.41) is 6.04. The zero-order valence-electron chi connectivity index (χ0n) is 13.8. The minimum absolute atomic E-state index is 0.00514.